The Labute approximate surface area is 176 Å². The fourth-order valence-corrected chi connectivity index (χ4v) is 4.58. The minimum absolute atomic E-state index is 0.0224. The number of rotatable bonds is 5. The third kappa shape index (κ3) is 4.32. The maximum absolute atomic E-state index is 12.4. The number of carbonyl (C=O) groups excluding carboxylic acids is 1. The van der Waals surface area contributed by atoms with Gasteiger partial charge in [0.25, 0.3) is 0 Å². The van der Waals surface area contributed by atoms with Gasteiger partial charge in [0.1, 0.15) is 0 Å². The summed E-state index contributed by atoms with van der Waals surface area (Å²) in [5.41, 5.74) is 3.00. The lowest BCUT2D eigenvalue weighted by Gasteiger charge is -2.05. The van der Waals surface area contributed by atoms with E-state index in [9.17, 15) is 4.79 Å². The maximum Gasteiger partial charge on any atom is 0.229 e. The smallest absolute Gasteiger partial charge is 0.229 e. The van der Waals surface area contributed by atoms with Crippen molar-refractivity contribution in [1.29, 1.82) is 0 Å². The van der Waals surface area contributed by atoms with Crippen molar-refractivity contribution in [3.05, 3.63) is 92.3 Å². The summed E-state index contributed by atoms with van der Waals surface area (Å²) >= 11 is 5.03. The number of hydrogen-bond donors (Lipinski definition) is 1. The first kappa shape index (κ1) is 18.8. The highest BCUT2D eigenvalue weighted by Gasteiger charge is 2.13. The predicted molar refractivity (Wildman–Crippen MR) is 120 cm³/mol. The van der Waals surface area contributed by atoms with Gasteiger partial charge in [0, 0.05) is 21.5 Å². The van der Waals surface area contributed by atoms with Crippen LogP contribution in [0.1, 0.15) is 21.1 Å². The number of amides is 1. The van der Waals surface area contributed by atoms with E-state index in [-0.39, 0.29) is 5.91 Å². The number of carbonyl (C=O) groups is 1. The standard InChI is InChI=1S/C23H19BrN2OS/c1-15-21(14-22(27)26-19-11-9-18(24)10-12-19)28-23(25-15)13-17-7-4-6-16-5-2-3-8-20(16)17/h2-12H,13-14H2,1H3,(H,26,27). The molecule has 0 radical (unpaired) electrons. The van der Waals surface area contributed by atoms with Crippen molar-refractivity contribution in [3.63, 3.8) is 0 Å². The van der Waals surface area contributed by atoms with Crippen LogP contribution in [0.15, 0.2) is 71.2 Å². The number of anilines is 1. The van der Waals surface area contributed by atoms with Crippen LogP contribution in [0.5, 0.6) is 0 Å². The molecule has 4 aromatic rings. The molecule has 4 rings (SSSR count). The molecule has 0 aliphatic rings. The van der Waals surface area contributed by atoms with E-state index < -0.39 is 0 Å². The molecule has 5 heteroatoms. The monoisotopic (exact) mass is 450 g/mol. The molecule has 0 unspecified atom stereocenters. The third-order valence-corrected chi connectivity index (χ3v) is 6.29. The van der Waals surface area contributed by atoms with Crippen LogP contribution in [0, 0.1) is 6.92 Å². The second kappa shape index (κ2) is 8.25. The summed E-state index contributed by atoms with van der Waals surface area (Å²) in [6.45, 7) is 1.98. The number of aryl methyl sites for hydroxylation is 1. The molecule has 1 N–H and O–H groups in total. The van der Waals surface area contributed by atoms with E-state index in [2.05, 4.69) is 63.7 Å². The molecule has 0 aliphatic carbocycles. The molecule has 1 aromatic heterocycles. The van der Waals surface area contributed by atoms with Crippen molar-refractivity contribution in [2.24, 2.45) is 0 Å². The van der Waals surface area contributed by atoms with E-state index >= 15 is 0 Å². The second-order valence-electron chi connectivity index (χ2n) is 6.66. The van der Waals surface area contributed by atoms with Crippen LogP contribution in [0.2, 0.25) is 0 Å². The molecule has 3 nitrogen and oxygen atoms in total. The van der Waals surface area contributed by atoms with Gasteiger partial charge in [-0.05, 0) is 47.5 Å². The van der Waals surface area contributed by atoms with Gasteiger partial charge in [-0.1, -0.05) is 58.4 Å². The van der Waals surface area contributed by atoms with Crippen molar-refractivity contribution in [3.8, 4) is 0 Å². The molecule has 0 bridgehead atoms. The second-order valence-corrected chi connectivity index (χ2v) is 8.75. The number of aromatic nitrogens is 1. The lowest BCUT2D eigenvalue weighted by Crippen LogP contribution is -2.14. The molecule has 0 atom stereocenters. The zero-order valence-electron chi connectivity index (χ0n) is 15.4. The van der Waals surface area contributed by atoms with Crippen LogP contribution in [0.25, 0.3) is 10.8 Å². The molecule has 140 valence electrons. The largest absolute Gasteiger partial charge is 0.326 e. The first-order valence-electron chi connectivity index (χ1n) is 9.06. The normalized spacial score (nSPS) is 10.9. The van der Waals surface area contributed by atoms with Crippen molar-refractivity contribution < 1.29 is 4.79 Å². The molecule has 0 aliphatic heterocycles. The number of nitrogens with zero attached hydrogens (tertiary/aromatic N) is 1. The number of halogens is 1. The number of fused-ring (bicyclic) bond motifs is 1. The Hall–Kier alpha value is -2.50. The Balaban J connectivity index is 1.49. The molecule has 0 saturated carbocycles. The zero-order valence-corrected chi connectivity index (χ0v) is 17.8. The van der Waals surface area contributed by atoms with Crippen LogP contribution in [0.4, 0.5) is 5.69 Å². The van der Waals surface area contributed by atoms with Gasteiger partial charge in [0.05, 0.1) is 17.1 Å². The van der Waals surface area contributed by atoms with Gasteiger partial charge < -0.3 is 5.32 Å². The van der Waals surface area contributed by atoms with Gasteiger partial charge in [-0.25, -0.2) is 4.98 Å². The average molecular weight is 451 g/mol. The summed E-state index contributed by atoms with van der Waals surface area (Å²) in [5, 5.41) is 6.48. The van der Waals surface area contributed by atoms with Crippen molar-refractivity contribution in [2.75, 3.05) is 5.32 Å². The Morgan fingerprint density at radius 1 is 1.04 bits per heavy atom. The van der Waals surface area contributed by atoms with Crippen molar-refractivity contribution >= 4 is 49.6 Å². The van der Waals surface area contributed by atoms with Gasteiger partial charge in [-0.15, -0.1) is 11.3 Å². The Kier molecular flexibility index (Phi) is 5.55. The van der Waals surface area contributed by atoms with E-state index in [0.717, 1.165) is 32.2 Å². The third-order valence-electron chi connectivity index (χ3n) is 4.61. The van der Waals surface area contributed by atoms with Crippen LogP contribution in [-0.4, -0.2) is 10.9 Å². The van der Waals surface area contributed by atoms with Crippen LogP contribution in [0.3, 0.4) is 0 Å². The van der Waals surface area contributed by atoms with E-state index in [1.165, 1.54) is 16.3 Å². The summed E-state index contributed by atoms with van der Waals surface area (Å²) in [6.07, 6.45) is 1.12. The Morgan fingerprint density at radius 3 is 2.61 bits per heavy atom. The zero-order chi connectivity index (χ0) is 19.5. The Bertz CT molecular complexity index is 1130. The number of benzene rings is 3. The van der Waals surface area contributed by atoms with Crippen LogP contribution in [-0.2, 0) is 17.6 Å². The molecular formula is C23H19BrN2OS. The highest BCUT2D eigenvalue weighted by molar-refractivity contribution is 9.10. The van der Waals surface area contributed by atoms with Crippen LogP contribution >= 0.6 is 27.3 Å². The number of hydrogen-bond acceptors (Lipinski definition) is 3. The van der Waals surface area contributed by atoms with E-state index in [1.807, 2.05) is 31.2 Å². The first-order valence-corrected chi connectivity index (χ1v) is 10.7. The van der Waals surface area contributed by atoms with Crippen molar-refractivity contribution in [1.82, 2.24) is 4.98 Å². The maximum atomic E-state index is 12.4. The summed E-state index contributed by atoms with van der Waals surface area (Å²) < 4.78 is 0.988. The summed E-state index contributed by atoms with van der Waals surface area (Å²) in [4.78, 5) is 18.2. The molecule has 1 amide bonds. The molecule has 0 spiro atoms. The van der Waals surface area contributed by atoms with Crippen molar-refractivity contribution in [2.45, 2.75) is 19.8 Å². The first-order chi connectivity index (χ1) is 13.6. The molecular weight excluding hydrogens is 432 g/mol. The average Bonchev–Trinajstić information content (AvgIpc) is 3.03. The summed E-state index contributed by atoms with van der Waals surface area (Å²) in [5.74, 6) is -0.0224. The number of nitrogens with one attached hydrogen (secondary N) is 1. The van der Waals surface area contributed by atoms with E-state index in [0.29, 0.717) is 6.42 Å². The van der Waals surface area contributed by atoms with E-state index in [1.54, 1.807) is 11.3 Å². The summed E-state index contributed by atoms with van der Waals surface area (Å²) in [7, 11) is 0. The molecule has 0 saturated heterocycles. The summed E-state index contributed by atoms with van der Waals surface area (Å²) in [6, 6.07) is 22.4. The minimum atomic E-state index is -0.0224. The van der Waals surface area contributed by atoms with Gasteiger partial charge in [-0.2, -0.15) is 0 Å². The molecule has 1 heterocycles. The Morgan fingerprint density at radius 2 is 1.79 bits per heavy atom. The SMILES string of the molecule is Cc1nc(Cc2cccc3ccccc23)sc1CC(=O)Nc1ccc(Br)cc1. The van der Waals surface area contributed by atoms with Crippen LogP contribution < -0.4 is 5.32 Å². The van der Waals surface area contributed by atoms with E-state index in [4.69, 9.17) is 4.98 Å². The number of thiazole rings is 1. The quantitative estimate of drug-likeness (QED) is 0.396. The fraction of sp³-hybridized carbons (Fsp3) is 0.130. The fourth-order valence-electron chi connectivity index (χ4n) is 3.22. The van der Waals surface area contributed by atoms with Gasteiger partial charge >= 0.3 is 0 Å². The highest BCUT2D eigenvalue weighted by atomic mass is 79.9. The topological polar surface area (TPSA) is 42.0 Å². The molecule has 28 heavy (non-hydrogen) atoms. The van der Waals surface area contributed by atoms with Gasteiger partial charge in [0.15, 0.2) is 0 Å². The molecule has 3 aromatic carbocycles. The van der Waals surface area contributed by atoms with Gasteiger partial charge in [0.2, 0.25) is 5.91 Å². The molecule has 0 fully saturated rings. The van der Waals surface area contributed by atoms with Gasteiger partial charge in [-0.3, -0.25) is 4.79 Å². The lowest BCUT2D eigenvalue weighted by molar-refractivity contribution is -0.115. The minimum Gasteiger partial charge on any atom is -0.326 e. The predicted octanol–water partition coefficient (Wildman–Crippen LogP) is 6.14. The highest BCUT2D eigenvalue weighted by Crippen LogP contribution is 2.26. The lowest BCUT2D eigenvalue weighted by atomic mass is 10.0.